The van der Waals surface area contributed by atoms with E-state index in [4.69, 9.17) is 9.47 Å². The van der Waals surface area contributed by atoms with E-state index in [-0.39, 0.29) is 29.9 Å². The number of fused-ring (bicyclic) bond motifs is 1. The van der Waals surface area contributed by atoms with Crippen molar-refractivity contribution in [2.24, 2.45) is 0 Å². The zero-order chi connectivity index (χ0) is 28.5. The van der Waals surface area contributed by atoms with Crippen LogP contribution in [-0.4, -0.2) is 76.8 Å². The number of ether oxygens (including phenoxy) is 2. The van der Waals surface area contributed by atoms with Gasteiger partial charge in [0.25, 0.3) is 5.91 Å². The Morgan fingerprint density at radius 3 is 2.12 bits per heavy atom. The summed E-state index contributed by atoms with van der Waals surface area (Å²) in [6, 6.07) is 18.5. The summed E-state index contributed by atoms with van der Waals surface area (Å²) in [7, 11) is 2.21. The Balaban J connectivity index is 0.00000387. The molecular weight excluding hydrogens is 653 g/mol. The van der Waals surface area contributed by atoms with Crippen LogP contribution in [0.3, 0.4) is 0 Å². The molecule has 2 atom stereocenters. The molecule has 3 aliphatic rings. The number of hydrogen-bond donors (Lipinski definition) is 1. The number of nitrogens with one attached hydrogen (secondary N) is 1. The van der Waals surface area contributed by atoms with E-state index in [1.165, 1.54) is 4.90 Å². The number of esters is 1. The molecule has 1 N–H and O–H groups in total. The first-order chi connectivity index (χ1) is 19.0. The lowest BCUT2D eigenvalue weighted by atomic mass is 10.0. The van der Waals surface area contributed by atoms with Crippen LogP contribution < -0.4 is 29.3 Å². The molecule has 0 aromatic heterocycles. The van der Waals surface area contributed by atoms with Crippen molar-refractivity contribution >= 4 is 29.7 Å². The number of likely N-dealkylation sites (N-methyl/N-ethyl adjacent to an activating group) is 1. The van der Waals surface area contributed by atoms with Crippen LogP contribution in [0.25, 0.3) is 0 Å². The van der Waals surface area contributed by atoms with Crippen molar-refractivity contribution in [3.63, 3.8) is 0 Å². The Hall–Kier alpha value is -2.57. The molecule has 0 aliphatic carbocycles. The maximum atomic E-state index is 14.1. The SMILES string of the molecule is CC(C)(C)OC(=O)NC1C(=O)N2C(C(=O)OC(c3ccccc3)c3ccccc3)=C(C[N+]3(C)CCCC3)CS[C@H]12.[I-]. The Kier molecular flexibility index (Phi) is 9.75. The number of hydrogen-bond acceptors (Lipinski definition) is 6. The van der Waals surface area contributed by atoms with Crippen LogP contribution in [0.1, 0.15) is 50.8 Å². The van der Waals surface area contributed by atoms with E-state index in [9.17, 15) is 14.4 Å². The maximum absolute atomic E-state index is 14.1. The van der Waals surface area contributed by atoms with Gasteiger partial charge in [0, 0.05) is 24.2 Å². The van der Waals surface area contributed by atoms with Crippen LogP contribution in [-0.2, 0) is 19.1 Å². The third-order valence-electron chi connectivity index (χ3n) is 7.56. The van der Waals surface area contributed by atoms with E-state index < -0.39 is 35.2 Å². The molecule has 8 nitrogen and oxygen atoms in total. The van der Waals surface area contributed by atoms with Gasteiger partial charge in [-0.05, 0) is 31.9 Å². The van der Waals surface area contributed by atoms with Crippen molar-refractivity contribution < 1.29 is 52.3 Å². The zero-order valence-corrected chi connectivity index (χ0v) is 26.9. The lowest BCUT2D eigenvalue weighted by molar-refractivity contribution is -0.893. The highest BCUT2D eigenvalue weighted by atomic mass is 127. The number of β-lactam (4-membered cyclic amide) rings is 1. The zero-order valence-electron chi connectivity index (χ0n) is 24.0. The molecule has 3 aliphatic heterocycles. The molecular formula is C31H38IN3O5S. The summed E-state index contributed by atoms with van der Waals surface area (Å²) in [5, 5.41) is 2.32. The molecule has 2 aromatic carbocycles. The van der Waals surface area contributed by atoms with Gasteiger partial charge in [0.05, 0.1) is 20.1 Å². The number of amides is 2. The number of thioether (sulfide) groups is 1. The largest absolute Gasteiger partial charge is 1.00 e. The summed E-state index contributed by atoms with van der Waals surface area (Å²) in [5.74, 6) is -0.263. The Labute approximate surface area is 263 Å². The molecule has 0 radical (unpaired) electrons. The first-order valence-corrected chi connectivity index (χ1v) is 14.9. The highest BCUT2D eigenvalue weighted by molar-refractivity contribution is 8.00. The molecule has 2 saturated heterocycles. The number of quaternary nitrogens is 1. The molecule has 0 spiro atoms. The summed E-state index contributed by atoms with van der Waals surface area (Å²) in [6.07, 6.45) is 1.02. The fourth-order valence-corrected chi connectivity index (χ4v) is 7.03. The van der Waals surface area contributed by atoms with Crippen LogP contribution in [0.15, 0.2) is 71.9 Å². The van der Waals surface area contributed by atoms with Gasteiger partial charge in [-0.15, -0.1) is 11.8 Å². The van der Waals surface area contributed by atoms with E-state index in [0.29, 0.717) is 18.0 Å². The standard InChI is InChI=1S/C31H37N3O5S.HI/c1-31(2,3)39-30(37)32-24-27(35)33-25(23(20-40-28(24)33)19-34(4)17-11-12-18-34)29(36)38-26(21-13-7-5-8-14-21)22-15-9-6-10-16-22;/h5-10,13-16,24,26,28H,11-12,17-20H2,1-4H3;1H/t24?,28-;/m1./s1. The molecule has 41 heavy (non-hydrogen) atoms. The highest BCUT2D eigenvalue weighted by Gasteiger charge is 2.55. The lowest BCUT2D eigenvalue weighted by Gasteiger charge is -2.50. The molecule has 0 bridgehead atoms. The smallest absolute Gasteiger partial charge is 0.408 e. The topological polar surface area (TPSA) is 84.9 Å². The number of carbonyl (C=O) groups is 3. The van der Waals surface area contributed by atoms with E-state index >= 15 is 0 Å². The number of carbonyl (C=O) groups excluding carboxylic acids is 3. The minimum Gasteiger partial charge on any atom is -1.00 e. The number of likely N-dealkylation sites (tertiary alicyclic amines) is 1. The first-order valence-electron chi connectivity index (χ1n) is 13.9. The van der Waals surface area contributed by atoms with Crippen molar-refractivity contribution in [2.75, 3.05) is 32.4 Å². The van der Waals surface area contributed by atoms with Crippen molar-refractivity contribution in [2.45, 2.75) is 56.7 Å². The van der Waals surface area contributed by atoms with E-state index in [1.807, 2.05) is 60.7 Å². The van der Waals surface area contributed by atoms with Gasteiger partial charge >= 0.3 is 12.1 Å². The second kappa shape index (κ2) is 12.7. The molecule has 5 rings (SSSR count). The Morgan fingerprint density at radius 2 is 1.59 bits per heavy atom. The van der Waals surface area contributed by atoms with E-state index in [0.717, 1.165) is 47.1 Å². The minimum absolute atomic E-state index is 0. The van der Waals surface area contributed by atoms with Gasteiger partial charge in [0.15, 0.2) is 6.10 Å². The second-order valence-electron chi connectivity index (χ2n) is 12.0. The number of halogens is 1. The Bertz CT molecular complexity index is 1250. The van der Waals surface area contributed by atoms with Gasteiger partial charge in [-0.3, -0.25) is 9.69 Å². The molecule has 2 aromatic rings. The summed E-state index contributed by atoms with van der Waals surface area (Å²) < 4.78 is 12.5. The van der Waals surface area contributed by atoms with Crippen molar-refractivity contribution in [3.05, 3.63) is 83.1 Å². The predicted molar refractivity (Wildman–Crippen MR) is 154 cm³/mol. The molecule has 3 heterocycles. The third kappa shape index (κ3) is 7.09. The van der Waals surface area contributed by atoms with Gasteiger partial charge in [0.1, 0.15) is 29.3 Å². The third-order valence-corrected chi connectivity index (χ3v) is 8.90. The van der Waals surface area contributed by atoms with Crippen LogP contribution in [0.2, 0.25) is 0 Å². The Morgan fingerprint density at radius 1 is 1.02 bits per heavy atom. The molecule has 1 unspecified atom stereocenters. The van der Waals surface area contributed by atoms with E-state index in [1.54, 1.807) is 32.5 Å². The van der Waals surface area contributed by atoms with Gasteiger partial charge in [-0.1, -0.05) is 60.7 Å². The molecule has 2 amide bonds. The number of benzene rings is 2. The van der Waals surface area contributed by atoms with Gasteiger partial charge in [-0.25, -0.2) is 9.59 Å². The van der Waals surface area contributed by atoms with Crippen molar-refractivity contribution in [1.29, 1.82) is 0 Å². The lowest BCUT2D eigenvalue weighted by Crippen LogP contribution is -3.00. The van der Waals surface area contributed by atoms with E-state index in [2.05, 4.69) is 12.4 Å². The van der Waals surface area contributed by atoms with Crippen molar-refractivity contribution in [3.8, 4) is 0 Å². The maximum Gasteiger partial charge on any atom is 0.408 e. The van der Waals surface area contributed by atoms with Crippen LogP contribution in [0.5, 0.6) is 0 Å². The van der Waals surface area contributed by atoms with Gasteiger partial charge in [0.2, 0.25) is 0 Å². The van der Waals surface area contributed by atoms with Gasteiger partial charge in [-0.2, -0.15) is 0 Å². The number of rotatable bonds is 7. The number of nitrogens with zero attached hydrogens (tertiary/aromatic N) is 2. The highest BCUT2D eigenvalue weighted by Crippen LogP contribution is 2.42. The van der Waals surface area contributed by atoms with Gasteiger partial charge < -0.3 is 43.3 Å². The van der Waals surface area contributed by atoms with Crippen molar-refractivity contribution in [1.82, 2.24) is 10.2 Å². The normalized spacial score (nSPS) is 21.5. The minimum atomic E-state index is -0.764. The predicted octanol–water partition coefficient (Wildman–Crippen LogP) is 1.63. The molecule has 220 valence electrons. The fraction of sp³-hybridized carbons (Fsp3) is 0.452. The average molecular weight is 692 g/mol. The van der Waals surface area contributed by atoms with Crippen LogP contribution >= 0.6 is 11.8 Å². The quantitative estimate of drug-likeness (QED) is 0.206. The number of alkyl carbamates (subject to hydrolysis) is 1. The summed E-state index contributed by atoms with van der Waals surface area (Å²) in [5.41, 5.74) is 2.25. The monoisotopic (exact) mass is 691 g/mol. The summed E-state index contributed by atoms with van der Waals surface area (Å²) >= 11 is 1.57. The second-order valence-corrected chi connectivity index (χ2v) is 13.1. The van der Waals surface area contributed by atoms with Crippen LogP contribution in [0, 0.1) is 0 Å². The molecule has 10 heteroatoms. The summed E-state index contributed by atoms with van der Waals surface area (Å²) in [6.45, 7) is 8.08. The molecule has 2 fully saturated rings. The fourth-order valence-electron chi connectivity index (χ4n) is 5.69. The average Bonchev–Trinajstić information content (AvgIpc) is 3.35. The summed E-state index contributed by atoms with van der Waals surface area (Å²) in [4.78, 5) is 41.6. The van der Waals surface area contributed by atoms with Crippen LogP contribution in [0.4, 0.5) is 4.79 Å². The first kappa shape index (κ1) is 31.4. The molecule has 0 saturated carbocycles.